The molecule has 154 valence electrons. The lowest BCUT2D eigenvalue weighted by molar-refractivity contribution is -0.384. The molecule has 9 heteroatoms. The van der Waals surface area contributed by atoms with Crippen LogP contribution in [0, 0.1) is 24.0 Å². The average Bonchev–Trinajstić information content (AvgIpc) is 2.73. The quantitative estimate of drug-likeness (QED) is 0.174. The van der Waals surface area contributed by atoms with Gasteiger partial charge in [-0.1, -0.05) is 52.3 Å². The van der Waals surface area contributed by atoms with Gasteiger partial charge in [0.15, 0.2) is 0 Å². The van der Waals surface area contributed by atoms with Gasteiger partial charge in [-0.25, -0.2) is 0 Å². The number of hydrogen-bond acceptors (Lipinski definition) is 7. The number of rotatable bonds is 6. The van der Waals surface area contributed by atoms with Gasteiger partial charge in [0.05, 0.1) is 4.92 Å². The number of non-ortho nitro benzene ring substituents is 1. The highest BCUT2D eigenvalue weighted by Crippen LogP contribution is 2.26. The third-order valence-electron chi connectivity index (χ3n) is 4.09. The molecule has 0 radical (unpaired) electrons. The van der Waals surface area contributed by atoms with E-state index in [-0.39, 0.29) is 15.6 Å². The second-order valence-corrected chi connectivity index (χ2v) is 9.05. The summed E-state index contributed by atoms with van der Waals surface area (Å²) in [7, 11) is -4.11. The highest BCUT2D eigenvalue weighted by Gasteiger charge is 2.17. The average molecular weight is 443 g/mol. The van der Waals surface area contributed by atoms with E-state index >= 15 is 0 Å². The Hall–Kier alpha value is -3.17. The Labute approximate surface area is 178 Å². The lowest BCUT2D eigenvalue weighted by atomic mass is 10.2. The van der Waals surface area contributed by atoms with Gasteiger partial charge >= 0.3 is 10.1 Å². The molecule has 0 heterocycles. The molecule has 3 aromatic rings. The number of nitrogens with zero attached hydrogens (tertiary/aromatic N) is 2. The third kappa shape index (κ3) is 5.46. The molecular formula is C21H18N2O5S2. The predicted octanol–water partition coefficient (Wildman–Crippen LogP) is 5.07. The Morgan fingerprint density at radius 3 is 1.97 bits per heavy atom. The summed E-state index contributed by atoms with van der Waals surface area (Å²) in [6.07, 6.45) is 0. The smallest absolute Gasteiger partial charge is 0.264 e. The molecule has 0 fully saturated rings. The summed E-state index contributed by atoms with van der Waals surface area (Å²) in [5, 5.41) is 15.0. The molecule has 0 aliphatic heterocycles. The van der Waals surface area contributed by atoms with Crippen molar-refractivity contribution in [3.8, 4) is 0 Å². The maximum absolute atomic E-state index is 12.5. The van der Waals surface area contributed by atoms with Crippen molar-refractivity contribution in [3.05, 3.63) is 99.6 Å². The van der Waals surface area contributed by atoms with Gasteiger partial charge in [0, 0.05) is 22.6 Å². The van der Waals surface area contributed by atoms with E-state index in [1.165, 1.54) is 48.2 Å². The Kier molecular flexibility index (Phi) is 6.53. The van der Waals surface area contributed by atoms with Gasteiger partial charge in [0.1, 0.15) is 9.94 Å². The molecule has 0 amide bonds. The standard InChI is InChI=1S/C21H18N2O5S2/c1-15-3-11-19(12-4-15)29-21(17-7-9-18(10-8-17)23(24)25)22-28-30(26,27)20-13-5-16(2)6-14-20/h3-14H,1-2H3/b22-21-. The molecule has 0 bridgehead atoms. The number of nitro benzene ring substituents is 1. The van der Waals surface area contributed by atoms with E-state index in [9.17, 15) is 18.5 Å². The highest BCUT2D eigenvalue weighted by molar-refractivity contribution is 8.14. The molecule has 0 N–H and O–H groups in total. The molecule has 3 rings (SSSR count). The van der Waals surface area contributed by atoms with Crippen LogP contribution in [-0.2, 0) is 14.4 Å². The molecule has 0 spiro atoms. The van der Waals surface area contributed by atoms with Gasteiger partial charge in [-0.2, -0.15) is 8.42 Å². The van der Waals surface area contributed by atoms with Crippen molar-refractivity contribution in [2.45, 2.75) is 23.6 Å². The monoisotopic (exact) mass is 442 g/mol. The van der Waals surface area contributed by atoms with E-state index in [1.54, 1.807) is 12.1 Å². The van der Waals surface area contributed by atoms with Gasteiger partial charge in [-0.15, -0.1) is 0 Å². The van der Waals surface area contributed by atoms with E-state index in [4.69, 9.17) is 4.28 Å². The van der Waals surface area contributed by atoms with Crippen LogP contribution in [0.3, 0.4) is 0 Å². The lowest BCUT2D eigenvalue weighted by Crippen LogP contribution is -2.05. The zero-order valence-corrected chi connectivity index (χ0v) is 17.8. The summed E-state index contributed by atoms with van der Waals surface area (Å²) in [5.41, 5.74) is 2.40. The number of thioether (sulfide) groups is 1. The minimum atomic E-state index is -4.11. The molecule has 0 aliphatic rings. The molecule has 0 saturated carbocycles. The molecule has 30 heavy (non-hydrogen) atoms. The fourth-order valence-electron chi connectivity index (χ4n) is 2.40. The topological polar surface area (TPSA) is 98.9 Å². The Balaban J connectivity index is 1.94. The minimum Gasteiger partial charge on any atom is -0.264 e. The predicted molar refractivity (Wildman–Crippen MR) is 116 cm³/mol. The van der Waals surface area contributed by atoms with Crippen molar-refractivity contribution in [2.75, 3.05) is 0 Å². The van der Waals surface area contributed by atoms with Crippen LogP contribution in [0.2, 0.25) is 0 Å². The maximum atomic E-state index is 12.5. The van der Waals surface area contributed by atoms with Gasteiger partial charge in [-0.3, -0.25) is 14.4 Å². The van der Waals surface area contributed by atoms with E-state index in [0.717, 1.165) is 16.0 Å². The van der Waals surface area contributed by atoms with Gasteiger partial charge < -0.3 is 0 Å². The summed E-state index contributed by atoms with van der Waals surface area (Å²) < 4.78 is 29.9. The van der Waals surface area contributed by atoms with Crippen LogP contribution in [0.25, 0.3) is 0 Å². The summed E-state index contributed by atoms with van der Waals surface area (Å²) in [5.74, 6) is 0. The van der Waals surface area contributed by atoms with Gasteiger partial charge in [-0.05, 0) is 50.2 Å². The van der Waals surface area contributed by atoms with E-state index < -0.39 is 15.0 Å². The van der Waals surface area contributed by atoms with Crippen LogP contribution < -0.4 is 0 Å². The molecule has 0 saturated heterocycles. The molecule has 0 aliphatic carbocycles. The molecule has 3 aromatic carbocycles. The van der Waals surface area contributed by atoms with Crippen LogP contribution in [0.4, 0.5) is 5.69 Å². The Bertz CT molecular complexity index is 1170. The minimum absolute atomic E-state index is 0.0137. The van der Waals surface area contributed by atoms with Crippen molar-refractivity contribution in [1.82, 2.24) is 0 Å². The lowest BCUT2D eigenvalue weighted by Gasteiger charge is -2.08. The largest absolute Gasteiger partial charge is 0.358 e. The van der Waals surface area contributed by atoms with Crippen LogP contribution in [-0.4, -0.2) is 18.4 Å². The first-order valence-corrected chi connectivity index (χ1v) is 11.0. The highest BCUT2D eigenvalue weighted by atomic mass is 32.2. The molecule has 0 atom stereocenters. The van der Waals surface area contributed by atoms with Gasteiger partial charge in [0.25, 0.3) is 5.69 Å². The number of aryl methyl sites for hydroxylation is 2. The molecule has 7 nitrogen and oxygen atoms in total. The molecule has 0 unspecified atom stereocenters. The summed E-state index contributed by atoms with van der Waals surface area (Å²) >= 11 is 1.19. The SMILES string of the molecule is Cc1ccc(S/C(=N\OS(=O)(=O)c2ccc(C)cc2)c2ccc([N+](=O)[O-])cc2)cc1. The van der Waals surface area contributed by atoms with Crippen molar-refractivity contribution in [2.24, 2.45) is 5.16 Å². The van der Waals surface area contributed by atoms with E-state index in [1.807, 2.05) is 38.1 Å². The van der Waals surface area contributed by atoms with Gasteiger partial charge in [0.2, 0.25) is 0 Å². The maximum Gasteiger partial charge on any atom is 0.358 e. The van der Waals surface area contributed by atoms with Crippen molar-refractivity contribution in [1.29, 1.82) is 0 Å². The van der Waals surface area contributed by atoms with Crippen molar-refractivity contribution in [3.63, 3.8) is 0 Å². The van der Waals surface area contributed by atoms with Crippen LogP contribution >= 0.6 is 11.8 Å². The zero-order valence-electron chi connectivity index (χ0n) is 16.2. The van der Waals surface area contributed by atoms with Crippen LogP contribution in [0.5, 0.6) is 0 Å². The fourth-order valence-corrected chi connectivity index (χ4v) is 4.00. The van der Waals surface area contributed by atoms with Crippen molar-refractivity contribution >= 4 is 32.6 Å². The first-order chi connectivity index (χ1) is 14.2. The molecular weight excluding hydrogens is 424 g/mol. The summed E-state index contributed by atoms with van der Waals surface area (Å²) in [4.78, 5) is 11.2. The summed E-state index contributed by atoms with van der Waals surface area (Å²) in [6.45, 7) is 3.80. The Morgan fingerprint density at radius 2 is 1.43 bits per heavy atom. The van der Waals surface area contributed by atoms with Crippen molar-refractivity contribution < 1.29 is 17.6 Å². The van der Waals surface area contributed by atoms with Crippen LogP contribution in [0.15, 0.2) is 87.7 Å². The number of hydrogen-bond donors (Lipinski definition) is 0. The summed E-state index contributed by atoms with van der Waals surface area (Å²) in [6, 6.07) is 19.4. The second-order valence-electron chi connectivity index (χ2n) is 6.46. The second kappa shape index (κ2) is 9.10. The molecule has 0 aromatic heterocycles. The normalized spacial score (nSPS) is 11.9. The fraction of sp³-hybridized carbons (Fsp3) is 0.0952. The first kappa shape index (κ1) is 21.5. The van der Waals surface area contributed by atoms with E-state index in [0.29, 0.717) is 5.56 Å². The number of oxime groups is 1. The third-order valence-corrected chi connectivity index (χ3v) is 6.22. The van der Waals surface area contributed by atoms with E-state index in [2.05, 4.69) is 5.16 Å². The first-order valence-electron chi connectivity index (χ1n) is 8.82. The zero-order chi connectivity index (χ0) is 21.7. The number of benzene rings is 3. The van der Waals surface area contributed by atoms with Crippen LogP contribution in [0.1, 0.15) is 16.7 Å². The Morgan fingerprint density at radius 1 is 0.900 bits per heavy atom. The number of nitro groups is 1.